The molecule has 1 fully saturated rings. The third-order valence-corrected chi connectivity index (χ3v) is 4.35. The standard InChI is InChI=1S/C17H32O3/c1-2-3-4-5-6-7-8-9-12-15(17(18)19)16-13-10-11-14-20-16/h15-16H,2-14H2,1H3,(H,18,19). The molecule has 1 aliphatic rings. The Labute approximate surface area is 124 Å². The molecule has 1 aliphatic heterocycles. The number of unbranched alkanes of at least 4 members (excludes halogenated alkanes) is 7. The van der Waals surface area contributed by atoms with Gasteiger partial charge in [-0.05, 0) is 25.7 Å². The summed E-state index contributed by atoms with van der Waals surface area (Å²) in [6.45, 7) is 2.98. The molecule has 0 radical (unpaired) electrons. The lowest BCUT2D eigenvalue weighted by molar-refractivity contribution is -0.149. The van der Waals surface area contributed by atoms with Crippen molar-refractivity contribution in [3.63, 3.8) is 0 Å². The maximum Gasteiger partial charge on any atom is 0.309 e. The number of ether oxygens (including phenoxy) is 1. The zero-order valence-corrected chi connectivity index (χ0v) is 13.1. The van der Waals surface area contributed by atoms with E-state index in [0.29, 0.717) is 0 Å². The molecule has 1 rings (SSSR count). The topological polar surface area (TPSA) is 46.5 Å². The van der Waals surface area contributed by atoms with E-state index in [0.717, 1.165) is 38.7 Å². The first-order valence-electron chi connectivity index (χ1n) is 8.60. The van der Waals surface area contributed by atoms with E-state index in [-0.39, 0.29) is 12.0 Å². The third-order valence-electron chi connectivity index (χ3n) is 4.35. The van der Waals surface area contributed by atoms with Crippen molar-refractivity contribution >= 4 is 5.97 Å². The van der Waals surface area contributed by atoms with Crippen LogP contribution in [0, 0.1) is 5.92 Å². The van der Waals surface area contributed by atoms with Gasteiger partial charge in [0.15, 0.2) is 0 Å². The second-order valence-corrected chi connectivity index (χ2v) is 6.11. The van der Waals surface area contributed by atoms with Crippen LogP contribution in [0.4, 0.5) is 0 Å². The monoisotopic (exact) mass is 284 g/mol. The first-order valence-corrected chi connectivity index (χ1v) is 8.60. The summed E-state index contributed by atoms with van der Waals surface area (Å²) in [7, 11) is 0. The van der Waals surface area contributed by atoms with Crippen molar-refractivity contribution in [1.29, 1.82) is 0 Å². The molecule has 20 heavy (non-hydrogen) atoms. The van der Waals surface area contributed by atoms with Gasteiger partial charge in [-0.15, -0.1) is 0 Å². The zero-order chi connectivity index (χ0) is 14.6. The van der Waals surface area contributed by atoms with Crippen LogP contribution in [0.5, 0.6) is 0 Å². The van der Waals surface area contributed by atoms with Crippen molar-refractivity contribution in [3.05, 3.63) is 0 Å². The van der Waals surface area contributed by atoms with Gasteiger partial charge < -0.3 is 9.84 Å². The molecule has 1 N–H and O–H groups in total. The Balaban J connectivity index is 2.08. The van der Waals surface area contributed by atoms with Crippen molar-refractivity contribution in [2.75, 3.05) is 6.61 Å². The molecule has 2 atom stereocenters. The molecular formula is C17H32O3. The van der Waals surface area contributed by atoms with E-state index in [1.165, 1.54) is 44.9 Å². The highest BCUT2D eigenvalue weighted by atomic mass is 16.5. The molecule has 0 aliphatic carbocycles. The minimum absolute atomic E-state index is 0.0363. The van der Waals surface area contributed by atoms with Crippen LogP contribution >= 0.6 is 0 Å². The number of carbonyl (C=O) groups is 1. The Morgan fingerprint density at radius 1 is 1.10 bits per heavy atom. The average molecular weight is 284 g/mol. The van der Waals surface area contributed by atoms with Gasteiger partial charge in [-0.1, -0.05) is 58.3 Å². The summed E-state index contributed by atoms with van der Waals surface area (Å²) in [5, 5.41) is 9.35. The Kier molecular flexibility index (Phi) is 9.73. The van der Waals surface area contributed by atoms with Crippen molar-refractivity contribution < 1.29 is 14.6 Å². The maximum absolute atomic E-state index is 11.4. The van der Waals surface area contributed by atoms with Gasteiger partial charge in [0, 0.05) is 6.61 Å². The summed E-state index contributed by atoms with van der Waals surface area (Å²) in [6, 6.07) is 0. The number of hydrogen-bond donors (Lipinski definition) is 1. The molecule has 2 unspecified atom stereocenters. The zero-order valence-electron chi connectivity index (χ0n) is 13.1. The van der Waals surface area contributed by atoms with Gasteiger partial charge in [0.05, 0.1) is 12.0 Å². The average Bonchev–Trinajstić information content (AvgIpc) is 2.46. The molecule has 0 bridgehead atoms. The fourth-order valence-corrected chi connectivity index (χ4v) is 3.05. The molecule has 1 heterocycles. The fourth-order valence-electron chi connectivity index (χ4n) is 3.05. The smallest absolute Gasteiger partial charge is 0.309 e. The Morgan fingerprint density at radius 2 is 1.75 bits per heavy atom. The molecule has 3 heteroatoms. The molecule has 0 spiro atoms. The first-order chi connectivity index (χ1) is 9.75. The van der Waals surface area contributed by atoms with Crippen LogP contribution in [-0.2, 0) is 9.53 Å². The second kappa shape index (κ2) is 11.1. The predicted molar refractivity (Wildman–Crippen MR) is 81.9 cm³/mol. The van der Waals surface area contributed by atoms with E-state index < -0.39 is 5.97 Å². The largest absolute Gasteiger partial charge is 0.481 e. The number of carboxylic acid groups (broad SMARTS) is 1. The molecule has 0 aromatic heterocycles. The normalized spacial score (nSPS) is 20.8. The van der Waals surface area contributed by atoms with E-state index in [1.54, 1.807) is 0 Å². The van der Waals surface area contributed by atoms with Gasteiger partial charge in [-0.25, -0.2) is 0 Å². The lowest BCUT2D eigenvalue weighted by atomic mass is 9.90. The van der Waals surface area contributed by atoms with Crippen molar-refractivity contribution in [2.24, 2.45) is 5.92 Å². The van der Waals surface area contributed by atoms with Crippen LogP contribution in [0.3, 0.4) is 0 Å². The highest BCUT2D eigenvalue weighted by Gasteiger charge is 2.29. The van der Waals surface area contributed by atoms with E-state index in [2.05, 4.69) is 6.92 Å². The fraction of sp³-hybridized carbons (Fsp3) is 0.941. The molecule has 0 saturated carbocycles. The summed E-state index contributed by atoms with van der Waals surface area (Å²) >= 11 is 0. The van der Waals surface area contributed by atoms with Gasteiger partial charge in [0.2, 0.25) is 0 Å². The second-order valence-electron chi connectivity index (χ2n) is 6.11. The number of carboxylic acids is 1. The number of hydrogen-bond acceptors (Lipinski definition) is 2. The third kappa shape index (κ3) is 7.28. The highest BCUT2D eigenvalue weighted by molar-refractivity contribution is 5.70. The lowest BCUT2D eigenvalue weighted by Gasteiger charge is -2.27. The Bertz CT molecular complexity index is 247. The van der Waals surface area contributed by atoms with Crippen molar-refractivity contribution in [2.45, 2.75) is 90.1 Å². The van der Waals surface area contributed by atoms with Crippen LogP contribution in [0.2, 0.25) is 0 Å². The molecule has 118 valence electrons. The van der Waals surface area contributed by atoms with Gasteiger partial charge in [-0.2, -0.15) is 0 Å². The molecule has 3 nitrogen and oxygen atoms in total. The maximum atomic E-state index is 11.4. The molecule has 0 aromatic rings. The SMILES string of the molecule is CCCCCCCCCCC(C(=O)O)C1CCCCO1. The Morgan fingerprint density at radius 3 is 2.30 bits per heavy atom. The van der Waals surface area contributed by atoms with E-state index >= 15 is 0 Å². The first kappa shape index (κ1) is 17.5. The van der Waals surface area contributed by atoms with Crippen LogP contribution in [0.15, 0.2) is 0 Å². The van der Waals surface area contributed by atoms with Gasteiger partial charge in [0.1, 0.15) is 0 Å². The highest BCUT2D eigenvalue weighted by Crippen LogP contribution is 2.25. The van der Waals surface area contributed by atoms with Crippen LogP contribution in [0.25, 0.3) is 0 Å². The summed E-state index contributed by atoms with van der Waals surface area (Å²) < 4.78 is 5.64. The van der Waals surface area contributed by atoms with E-state index in [4.69, 9.17) is 4.74 Å². The van der Waals surface area contributed by atoms with Crippen molar-refractivity contribution in [1.82, 2.24) is 0 Å². The van der Waals surface area contributed by atoms with Gasteiger partial charge in [0.25, 0.3) is 0 Å². The van der Waals surface area contributed by atoms with E-state index in [9.17, 15) is 9.90 Å². The minimum Gasteiger partial charge on any atom is -0.481 e. The number of aliphatic carboxylic acids is 1. The molecule has 0 amide bonds. The molecule has 0 aromatic carbocycles. The molecular weight excluding hydrogens is 252 g/mol. The molecule has 1 saturated heterocycles. The summed E-state index contributed by atoms with van der Waals surface area (Å²) in [5.41, 5.74) is 0. The van der Waals surface area contributed by atoms with Crippen LogP contribution < -0.4 is 0 Å². The number of rotatable bonds is 11. The van der Waals surface area contributed by atoms with Gasteiger partial charge in [-0.3, -0.25) is 4.79 Å². The predicted octanol–water partition coefficient (Wildman–Crippen LogP) is 4.79. The Hall–Kier alpha value is -0.570. The lowest BCUT2D eigenvalue weighted by Crippen LogP contribution is -2.33. The van der Waals surface area contributed by atoms with Crippen LogP contribution in [-0.4, -0.2) is 23.8 Å². The van der Waals surface area contributed by atoms with Crippen molar-refractivity contribution in [3.8, 4) is 0 Å². The summed E-state index contributed by atoms with van der Waals surface area (Å²) in [4.78, 5) is 11.4. The minimum atomic E-state index is -0.667. The van der Waals surface area contributed by atoms with E-state index in [1.807, 2.05) is 0 Å². The quantitative estimate of drug-likeness (QED) is 0.555. The van der Waals surface area contributed by atoms with Gasteiger partial charge >= 0.3 is 5.97 Å². The summed E-state index contributed by atoms with van der Waals surface area (Å²) in [6.07, 6.45) is 14.0. The van der Waals surface area contributed by atoms with Crippen LogP contribution in [0.1, 0.15) is 84.0 Å². The summed E-state index contributed by atoms with van der Waals surface area (Å²) in [5.74, 6) is -0.949.